The van der Waals surface area contributed by atoms with Crippen LogP contribution in [0.25, 0.3) is 0 Å². The van der Waals surface area contributed by atoms with Crippen LogP contribution in [0.15, 0.2) is 54.6 Å². The summed E-state index contributed by atoms with van der Waals surface area (Å²) in [4.78, 5) is 42.8. The molecule has 0 spiro atoms. The maximum absolute atomic E-state index is 13.7. The van der Waals surface area contributed by atoms with Gasteiger partial charge in [-0.25, -0.2) is 9.69 Å². The molecule has 1 N–H and O–H groups in total. The number of aryl methyl sites for hydroxylation is 1. The topological polar surface area (TPSA) is 87.2 Å². The van der Waals surface area contributed by atoms with E-state index >= 15 is 0 Å². The summed E-state index contributed by atoms with van der Waals surface area (Å²) in [5.74, 6) is -1.54. The van der Waals surface area contributed by atoms with Crippen molar-refractivity contribution < 1.29 is 24.2 Å². The van der Waals surface area contributed by atoms with Gasteiger partial charge in [0.25, 0.3) is 0 Å². The number of aliphatic hydroxyl groups is 1. The zero-order valence-electron chi connectivity index (χ0n) is 24.9. The highest BCUT2D eigenvalue weighted by atomic mass is 16.5. The van der Waals surface area contributed by atoms with E-state index in [1.54, 1.807) is 31.2 Å². The van der Waals surface area contributed by atoms with Crippen molar-refractivity contribution >= 4 is 23.5 Å². The van der Waals surface area contributed by atoms with Gasteiger partial charge in [0.2, 0.25) is 11.8 Å². The lowest BCUT2D eigenvalue weighted by Gasteiger charge is -2.66. The van der Waals surface area contributed by atoms with Crippen molar-refractivity contribution in [1.29, 1.82) is 0 Å². The standard InChI is InChI=1S/C35H44N2O5/c1-26-22-30(38)37(31(26)39)29-16-7-6-15-28(29)32(40)42-25-34-19-11-18-33(17-8-3-9-20-35(33,34)41)23-36(24-34)21-10-14-27-12-4-2-5-13-27/h2,4-7,12-13,15-16,26,41H,3,8-11,14,17-25H2,1H3/t26?,33-,34+,35+/m0/s1. The first kappa shape index (κ1) is 29.1. The number of benzene rings is 2. The highest BCUT2D eigenvalue weighted by Crippen LogP contribution is 2.63. The molecule has 2 saturated carbocycles. The van der Waals surface area contributed by atoms with Crippen LogP contribution in [0.1, 0.15) is 87.1 Å². The van der Waals surface area contributed by atoms with Crippen LogP contribution in [0.2, 0.25) is 0 Å². The van der Waals surface area contributed by atoms with Crippen LogP contribution < -0.4 is 4.90 Å². The SMILES string of the molecule is CC1CC(=O)N(c2ccccc2C(=O)OC[C@]23CCC[C@@]4(CCCCC[C@@]42O)CN(CCCc2ccccc2)C3)C1=O. The minimum atomic E-state index is -0.888. The van der Waals surface area contributed by atoms with Crippen molar-refractivity contribution in [1.82, 2.24) is 4.90 Å². The fourth-order valence-electron chi connectivity index (χ4n) is 8.74. The molecule has 2 aromatic rings. The quantitative estimate of drug-likeness (QED) is 0.330. The van der Waals surface area contributed by atoms with Gasteiger partial charge in [0.1, 0.15) is 6.61 Å². The summed E-state index contributed by atoms with van der Waals surface area (Å²) in [7, 11) is 0. The minimum Gasteiger partial charge on any atom is -0.461 e. The van der Waals surface area contributed by atoms with Gasteiger partial charge < -0.3 is 14.7 Å². The molecule has 7 heteroatoms. The number of anilines is 1. The minimum absolute atomic E-state index is 0.131. The van der Waals surface area contributed by atoms with E-state index in [9.17, 15) is 19.5 Å². The molecule has 2 amide bonds. The Morgan fingerprint density at radius 2 is 1.67 bits per heavy atom. The molecule has 6 rings (SSSR count). The number of ether oxygens (including phenoxy) is 1. The molecule has 224 valence electrons. The number of rotatable bonds is 8. The number of piperidine rings is 1. The summed E-state index contributed by atoms with van der Waals surface area (Å²) in [6, 6.07) is 17.3. The van der Waals surface area contributed by atoms with Crippen molar-refractivity contribution in [2.24, 2.45) is 16.7 Å². The van der Waals surface area contributed by atoms with Gasteiger partial charge in [-0.3, -0.25) is 9.59 Å². The molecule has 2 saturated heterocycles. The average molecular weight is 573 g/mol. The third-order valence-corrected chi connectivity index (χ3v) is 10.8. The third-order valence-electron chi connectivity index (χ3n) is 10.8. The summed E-state index contributed by atoms with van der Waals surface area (Å²) in [6.07, 6.45) is 10.0. The third kappa shape index (κ3) is 4.98. The van der Waals surface area contributed by atoms with E-state index in [2.05, 4.69) is 29.2 Å². The van der Waals surface area contributed by atoms with Crippen LogP contribution >= 0.6 is 0 Å². The largest absolute Gasteiger partial charge is 0.461 e. The monoisotopic (exact) mass is 572 g/mol. The molecule has 4 aliphatic rings. The second-order valence-electron chi connectivity index (χ2n) is 13.4. The molecule has 42 heavy (non-hydrogen) atoms. The maximum atomic E-state index is 13.7. The lowest BCUT2D eigenvalue weighted by Crippen LogP contribution is -2.73. The number of likely N-dealkylation sites (tertiary alicyclic amines) is 1. The molecule has 2 aliphatic carbocycles. The van der Waals surface area contributed by atoms with E-state index in [1.807, 2.05) is 6.07 Å². The molecule has 0 radical (unpaired) electrons. The van der Waals surface area contributed by atoms with Crippen molar-refractivity contribution in [2.75, 3.05) is 31.1 Å². The van der Waals surface area contributed by atoms with Gasteiger partial charge in [-0.15, -0.1) is 0 Å². The molecule has 2 aliphatic heterocycles. The Balaban J connectivity index is 1.24. The zero-order chi connectivity index (χ0) is 29.4. The Morgan fingerprint density at radius 3 is 2.45 bits per heavy atom. The lowest BCUT2D eigenvalue weighted by molar-refractivity contribution is -0.258. The van der Waals surface area contributed by atoms with E-state index in [4.69, 9.17) is 4.74 Å². The van der Waals surface area contributed by atoms with E-state index < -0.39 is 22.9 Å². The molecule has 2 aromatic carbocycles. The summed E-state index contributed by atoms with van der Waals surface area (Å²) in [6.45, 7) is 4.41. The van der Waals surface area contributed by atoms with Gasteiger partial charge in [-0.2, -0.15) is 0 Å². The van der Waals surface area contributed by atoms with E-state index in [-0.39, 0.29) is 41.5 Å². The zero-order valence-corrected chi connectivity index (χ0v) is 24.9. The number of carbonyl (C=O) groups excluding carboxylic acids is 3. The number of para-hydroxylation sites is 1. The Kier molecular flexibility index (Phi) is 8.01. The highest BCUT2D eigenvalue weighted by molar-refractivity contribution is 6.22. The number of imide groups is 1. The molecule has 4 atom stereocenters. The lowest BCUT2D eigenvalue weighted by atomic mass is 9.47. The van der Waals surface area contributed by atoms with Gasteiger partial charge in [0, 0.05) is 36.3 Å². The molecular formula is C35H44N2O5. The summed E-state index contributed by atoms with van der Waals surface area (Å²) >= 11 is 0. The van der Waals surface area contributed by atoms with Gasteiger partial charge >= 0.3 is 5.97 Å². The summed E-state index contributed by atoms with van der Waals surface area (Å²) in [5.41, 5.74) is 0.207. The maximum Gasteiger partial charge on any atom is 0.340 e. The predicted octanol–water partition coefficient (Wildman–Crippen LogP) is 5.54. The van der Waals surface area contributed by atoms with Crippen molar-refractivity contribution in [3.8, 4) is 0 Å². The number of carbonyl (C=O) groups is 3. The van der Waals surface area contributed by atoms with Gasteiger partial charge in [-0.1, -0.05) is 75.1 Å². The van der Waals surface area contributed by atoms with Crippen LogP contribution in [0.4, 0.5) is 5.69 Å². The average Bonchev–Trinajstić information content (AvgIpc) is 3.11. The first-order valence-electron chi connectivity index (χ1n) is 15.9. The number of amides is 2. The number of hydrogen-bond acceptors (Lipinski definition) is 6. The Hall–Kier alpha value is -3.03. The first-order valence-corrected chi connectivity index (χ1v) is 15.9. The van der Waals surface area contributed by atoms with Crippen molar-refractivity contribution in [3.63, 3.8) is 0 Å². The molecule has 1 unspecified atom stereocenters. The molecule has 2 bridgehead atoms. The smallest absolute Gasteiger partial charge is 0.340 e. The Labute approximate surface area is 249 Å². The number of nitrogens with zero attached hydrogens (tertiary/aromatic N) is 2. The second kappa shape index (κ2) is 11.6. The number of esters is 1. The van der Waals surface area contributed by atoms with Crippen LogP contribution in [0.3, 0.4) is 0 Å². The Morgan fingerprint density at radius 1 is 0.929 bits per heavy atom. The van der Waals surface area contributed by atoms with Crippen molar-refractivity contribution in [2.45, 2.75) is 83.2 Å². The van der Waals surface area contributed by atoms with Crippen LogP contribution in [-0.2, 0) is 20.7 Å². The Bertz CT molecular complexity index is 1330. The van der Waals surface area contributed by atoms with Gasteiger partial charge in [0.05, 0.1) is 16.9 Å². The summed E-state index contributed by atoms with van der Waals surface area (Å²) in [5, 5.41) is 12.7. The molecule has 2 heterocycles. The van der Waals surface area contributed by atoms with Crippen LogP contribution in [0.5, 0.6) is 0 Å². The van der Waals surface area contributed by atoms with Crippen molar-refractivity contribution in [3.05, 3.63) is 65.7 Å². The fourth-order valence-corrected chi connectivity index (χ4v) is 8.74. The fraction of sp³-hybridized carbons (Fsp3) is 0.571. The molecule has 0 aromatic heterocycles. The van der Waals surface area contributed by atoms with Gasteiger partial charge in [0.15, 0.2) is 0 Å². The van der Waals surface area contributed by atoms with Crippen LogP contribution in [-0.4, -0.2) is 59.6 Å². The molecule has 7 nitrogen and oxygen atoms in total. The summed E-state index contributed by atoms with van der Waals surface area (Å²) < 4.78 is 6.14. The first-order chi connectivity index (χ1) is 20.3. The highest BCUT2D eigenvalue weighted by Gasteiger charge is 2.67. The normalized spacial score (nSPS) is 31.5. The van der Waals surface area contributed by atoms with E-state index in [0.717, 1.165) is 82.2 Å². The van der Waals surface area contributed by atoms with Gasteiger partial charge in [-0.05, 0) is 62.8 Å². The predicted molar refractivity (Wildman–Crippen MR) is 161 cm³/mol. The van der Waals surface area contributed by atoms with E-state index in [1.165, 1.54) is 5.56 Å². The second-order valence-corrected chi connectivity index (χ2v) is 13.4. The van der Waals surface area contributed by atoms with Crippen LogP contribution in [0, 0.1) is 16.7 Å². The molecule has 4 fully saturated rings. The number of hydrogen-bond donors (Lipinski definition) is 1. The van der Waals surface area contributed by atoms with E-state index in [0.29, 0.717) is 6.54 Å². The molecular weight excluding hydrogens is 528 g/mol.